The number of rotatable bonds is 3. The highest BCUT2D eigenvalue weighted by molar-refractivity contribution is 5.82. The van der Waals surface area contributed by atoms with Gasteiger partial charge < -0.3 is 4.90 Å². The van der Waals surface area contributed by atoms with E-state index < -0.39 is 0 Å². The second-order valence-electron chi connectivity index (χ2n) is 6.41. The van der Waals surface area contributed by atoms with Crippen LogP contribution in [0.25, 0.3) is 6.08 Å². The molecule has 2 aliphatic heterocycles. The number of benzene rings is 1. The molecule has 2 atom stereocenters. The van der Waals surface area contributed by atoms with Crippen LogP contribution in [-0.4, -0.2) is 48.4 Å². The third kappa shape index (κ3) is 3.03. The molecule has 21 heavy (non-hydrogen) atoms. The van der Waals surface area contributed by atoms with Gasteiger partial charge in [-0.2, -0.15) is 0 Å². The van der Waals surface area contributed by atoms with Gasteiger partial charge in [0.05, 0.1) is 5.92 Å². The van der Waals surface area contributed by atoms with Gasteiger partial charge in [-0.05, 0) is 31.9 Å². The van der Waals surface area contributed by atoms with Crippen LogP contribution in [0.3, 0.4) is 0 Å². The Kier molecular flexibility index (Phi) is 4.11. The summed E-state index contributed by atoms with van der Waals surface area (Å²) in [6.07, 6.45) is 4.45. The van der Waals surface area contributed by atoms with Gasteiger partial charge in [0.15, 0.2) is 0 Å². The van der Waals surface area contributed by atoms with Crippen LogP contribution in [0.2, 0.25) is 0 Å². The zero-order chi connectivity index (χ0) is 14.8. The van der Waals surface area contributed by atoms with Crippen LogP contribution in [0.1, 0.15) is 25.3 Å². The fraction of sp³-hybridized carbons (Fsp3) is 0.500. The molecule has 0 spiro atoms. The summed E-state index contributed by atoms with van der Waals surface area (Å²) in [6, 6.07) is 10.9. The van der Waals surface area contributed by atoms with Crippen LogP contribution < -0.4 is 0 Å². The Hall–Kier alpha value is -1.61. The summed E-state index contributed by atoms with van der Waals surface area (Å²) >= 11 is 0. The van der Waals surface area contributed by atoms with Crippen LogP contribution in [0.5, 0.6) is 0 Å². The number of carbonyl (C=O) groups excluding carboxylic acids is 1. The van der Waals surface area contributed by atoms with Crippen LogP contribution >= 0.6 is 0 Å². The van der Waals surface area contributed by atoms with Crippen molar-refractivity contribution in [2.45, 2.75) is 25.8 Å². The number of fused-ring (bicyclic) bond motifs is 1. The van der Waals surface area contributed by atoms with Gasteiger partial charge in [-0.15, -0.1) is 0 Å². The summed E-state index contributed by atoms with van der Waals surface area (Å²) < 4.78 is 0. The number of amides is 1. The fourth-order valence-electron chi connectivity index (χ4n) is 3.71. The lowest BCUT2D eigenvalue weighted by molar-refractivity contribution is -0.130. The summed E-state index contributed by atoms with van der Waals surface area (Å²) in [7, 11) is 1.94. The average molecular weight is 284 g/mol. The molecule has 0 aliphatic carbocycles. The molecule has 112 valence electrons. The second kappa shape index (κ2) is 6.02. The lowest BCUT2D eigenvalue weighted by Gasteiger charge is -2.36. The van der Waals surface area contributed by atoms with E-state index >= 15 is 0 Å². The van der Waals surface area contributed by atoms with Crippen molar-refractivity contribution < 1.29 is 4.79 Å². The molecule has 0 aromatic heterocycles. The first-order valence-electron chi connectivity index (χ1n) is 7.86. The number of likely N-dealkylation sites (N-methyl/N-ethyl adjacent to an activating group) is 1. The van der Waals surface area contributed by atoms with Crippen molar-refractivity contribution >= 4 is 12.0 Å². The molecule has 2 saturated heterocycles. The summed E-state index contributed by atoms with van der Waals surface area (Å²) in [5.74, 6) is 0.572. The van der Waals surface area contributed by atoms with Crippen LogP contribution in [-0.2, 0) is 4.79 Å². The molecular weight excluding hydrogens is 260 g/mol. The average Bonchev–Trinajstić information content (AvgIpc) is 2.77. The molecule has 2 heterocycles. The monoisotopic (exact) mass is 284 g/mol. The maximum atomic E-state index is 12.1. The molecule has 1 aromatic carbocycles. The number of hydrogen-bond acceptors (Lipinski definition) is 2. The van der Waals surface area contributed by atoms with E-state index in [0.717, 1.165) is 32.5 Å². The van der Waals surface area contributed by atoms with Crippen molar-refractivity contribution in [1.29, 1.82) is 0 Å². The highest BCUT2D eigenvalue weighted by Crippen LogP contribution is 2.31. The van der Waals surface area contributed by atoms with Crippen molar-refractivity contribution in [3.05, 3.63) is 41.5 Å². The molecule has 0 unspecified atom stereocenters. The first-order chi connectivity index (χ1) is 10.1. The Morgan fingerprint density at radius 2 is 2.10 bits per heavy atom. The third-order valence-corrected chi connectivity index (χ3v) is 4.71. The SMILES string of the molecule is C/C(=C\c1ccccc1)CN1CCC[C@H]2C(=O)N(C)C[C@H]21. The molecule has 0 saturated carbocycles. The van der Waals surface area contributed by atoms with Crippen molar-refractivity contribution in [2.75, 3.05) is 26.7 Å². The van der Waals surface area contributed by atoms with Gasteiger partial charge in [0.2, 0.25) is 5.91 Å². The molecule has 0 radical (unpaired) electrons. The summed E-state index contributed by atoms with van der Waals surface area (Å²) in [5.41, 5.74) is 2.62. The van der Waals surface area contributed by atoms with E-state index in [9.17, 15) is 4.79 Å². The summed E-state index contributed by atoms with van der Waals surface area (Å²) in [5, 5.41) is 0. The van der Waals surface area contributed by atoms with E-state index in [4.69, 9.17) is 0 Å². The fourth-order valence-corrected chi connectivity index (χ4v) is 3.71. The summed E-state index contributed by atoms with van der Waals surface area (Å²) in [6.45, 7) is 5.17. The summed E-state index contributed by atoms with van der Waals surface area (Å²) in [4.78, 5) is 16.6. The Labute approximate surface area is 127 Å². The van der Waals surface area contributed by atoms with E-state index in [0.29, 0.717) is 11.9 Å². The Morgan fingerprint density at radius 3 is 2.86 bits per heavy atom. The van der Waals surface area contributed by atoms with Gasteiger partial charge in [-0.3, -0.25) is 9.69 Å². The molecule has 1 amide bonds. The standard InChI is InChI=1S/C18H24N2O/c1-14(11-15-7-4-3-5-8-15)12-20-10-6-9-16-17(20)13-19(2)18(16)21/h3-5,7-8,11,16-17H,6,9-10,12-13H2,1-2H3/b14-11+/t16-,17-/m1/s1. The van der Waals surface area contributed by atoms with E-state index in [1.165, 1.54) is 11.1 Å². The Bertz CT molecular complexity index is 537. The van der Waals surface area contributed by atoms with Gasteiger partial charge in [0.25, 0.3) is 0 Å². The first kappa shape index (κ1) is 14.3. The van der Waals surface area contributed by atoms with E-state index in [2.05, 4.69) is 42.2 Å². The Morgan fingerprint density at radius 1 is 1.33 bits per heavy atom. The van der Waals surface area contributed by atoms with Gasteiger partial charge in [-0.25, -0.2) is 0 Å². The van der Waals surface area contributed by atoms with Crippen molar-refractivity contribution in [3.8, 4) is 0 Å². The highest BCUT2D eigenvalue weighted by atomic mass is 16.2. The quantitative estimate of drug-likeness (QED) is 0.852. The largest absolute Gasteiger partial charge is 0.344 e. The van der Waals surface area contributed by atoms with Gasteiger partial charge >= 0.3 is 0 Å². The predicted molar refractivity (Wildman–Crippen MR) is 85.8 cm³/mol. The maximum Gasteiger partial charge on any atom is 0.227 e. The zero-order valence-electron chi connectivity index (χ0n) is 13.0. The second-order valence-corrected chi connectivity index (χ2v) is 6.41. The minimum absolute atomic E-state index is 0.230. The van der Waals surface area contributed by atoms with Gasteiger partial charge in [0.1, 0.15) is 0 Å². The molecule has 1 aromatic rings. The van der Waals surface area contributed by atoms with E-state index in [-0.39, 0.29) is 5.92 Å². The molecule has 0 bridgehead atoms. The molecular formula is C18H24N2O. The normalized spacial score (nSPS) is 27.0. The highest BCUT2D eigenvalue weighted by Gasteiger charge is 2.43. The molecule has 2 fully saturated rings. The third-order valence-electron chi connectivity index (χ3n) is 4.71. The molecule has 3 heteroatoms. The minimum Gasteiger partial charge on any atom is -0.344 e. The molecule has 3 rings (SSSR count). The predicted octanol–water partition coefficient (Wildman–Crippen LogP) is 2.64. The van der Waals surface area contributed by atoms with E-state index in [1.807, 2.05) is 18.0 Å². The number of piperidine rings is 1. The minimum atomic E-state index is 0.230. The number of hydrogen-bond donors (Lipinski definition) is 0. The molecule has 3 nitrogen and oxygen atoms in total. The molecule has 2 aliphatic rings. The van der Waals surface area contributed by atoms with Gasteiger partial charge in [-0.1, -0.05) is 42.0 Å². The van der Waals surface area contributed by atoms with E-state index in [1.54, 1.807) is 0 Å². The van der Waals surface area contributed by atoms with Gasteiger partial charge in [0, 0.05) is 26.2 Å². The smallest absolute Gasteiger partial charge is 0.227 e. The van der Waals surface area contributed by atoms with Crippen LogP contribution in [0.4, 0.5) is 0 Å². The van der Waals surface area contributed by atoms with Crippen molar-refractivity contribution in [3.63, 3.8) is 0 Å². The zero-order valence-corrected chi connectivity index (χ0v) is 13.0. The van der Waals surface area contributed by atoms with Crippen molar-refractivity contribution in [1.82, 2.24) is 9.80 Å². The van der Waals surface area contributed by atoms with Crippen LogP contribution in [0.15, 0.2) is 35.9 Å². The topological polar surface area (TPSA) is 23.6 Å². The Balaban J connectivity index is 1.70. The lowest BCUT2D eigenvalue weighted by atomic mass is 9.91. The molecule has 0 N–H and O–H groups in total. The van der Waals surface area contributed by atoms with Crippen LogP contribution in [0, 0.1) is 5.92 Å². The van der Waals surface area contributed by atoms with Crippen molar-refractivity contribution in [2.24, 2.45) is 5.92 Å². The first-order valence-corrected chi connectivity index (χ1v) is 7.86. The maximum absolute atomic E-state index is 12.1. The number of carbonyl (C=O) groups is 1. The lowest BCUT2D eigenvalue weighted by Crippen LogP contribution is -2.46. The number of likely N-dealkylation sites (tertiary alicyclic amines) is 2. The number of nitrogens with zero attached hydrogens (tertiary/aromatic N) is 2.